The Hall–Kier alpha value is -2.81. The van der Waals surface area contributed by atoms with E-state index in [-0.39, 0.29) is 24.3 Å². The van der Waals surface area contributed by atoms with Gasteiger partial charge in [-0.2, -0.15) is 5.26 Å². The minimum atomic E-state index is -0.103. The fourth-order valence-electron chi connectivity index (χ4n) is 3.15. The van der Waals surface area contributed by atoms with Crippen molar-refractivity contribution in [2.75, 3.05) is 19.7 Å². The van der Waals surface area contributed by atoms with Crippen LogP contribution in [0, 0.1) is 17.2 Å². The molecule has 0 unspecified atom stereocenters. The highest BCUT2D eigenvalue weighted by Crippen LogP contribution is 2.28. The third-order valence-corrected chi connectivity index (χ3v) is 4.40. The molecule has 0 spiro atoms. The van der Waals surface area contributed by atoms with Crippen LogP contribution in [0.3, 0.4) is 0 Å². The second-order valence-electron chi connectivity index (χ2n) is 6.81. The van der Waals surface area contributed by atoms with Crippen molar-refractivity contribution in [2.24, 2.45) is 5.92 Å². The number of nitriles is 1. The summed E-state index contributed by atoms with van der Waals surface area (Å²) in [5.41, 5.74) is 0. The van der Waals surface area contributed by atoms with E-state index in [1.165, 1.54) is 0 Å². The molecule has 1 aliphatic rings. The largest absolute Gasteiger partial charge is 0.491 e. The Balaban J connectivity index is 1.67. The summed E-state index contributed by atoms with van der Waals surface area (Å²) in [5, 5.41) is 10.6. The van der Waals surface area contributed by atoms with Crippen molar-refractivity contribution in [1.82, 2.24) is 9.88 Å². The zero-order valence-electron chi connectivity index (χ0n) is 15.1. The normalized spacial score (nSPS) is 16.7. The highest BCUT2D eigenvalue weighted by molar-refractivity contribution is 5.88. The maximum atomic E-state index is 11.8. The SMILES string of the molecule is CC(C)Oc1ccc2ccnc(OC[C@H]3CCN(C(=O)CC#N)C3)c2c1. The first-order valence-corrected chi connectivity index (χ1v) is 8.89. The molecule has 6 nitrogen and oxygen atoms in total. The highest BCUT2D eigenvalue weighted by atomic mass is 16.5. The van der Waals surface area contributed by atoms with E-state index < -0.39 is 0 Å². The average Bonchev–Trinajstić information content (AvgIpc) is 3.09. The molecule has 1 aromatic carbocycles. The van der Waals surface area contributed by atoms with Crippen molar-refractivity contribution < 1.29 is 14.3 Å². The van der Waals surface area contributed by atoms with Crippen LogP contribution in [0.1, 0.15) is 26.7 Å². The number of ether oxygens (including phenoxy) is 2. The summed E-state index contributed by atoms with van der Waals surface area (Å²) in [6.45, 7) is 5.79. The van der Waals surface area contributed by atoms with E-state index in [1.807, 2.05) is 44.2 Å². The molecule has 1 fully saturated rings. The van der Waals surface area contributed by atoms with Crippen LogP contribution >= 0.6 is 0 Å². The van der Waals surface area contributed by atoms with Crippen LogP contribution in [0.5, 0.6) is 11.6 Å². The van der Waals surface area contributed by atoms with E-state index in [2.05, 4.69) is 4.98 Å². The maximum Gasteiger partial charge on any atom is 0.236 e. The Morgan fingerprint density at radius 1 is 1.42 bits per heavy atom. The quantitative estimate of drug-likeness (QED) is 0.797. The summed E-state index contributed by atoms with van der Waals surface area (Å²) in [6.07, 6.45) is 2.66. The fraction of sp³-hybridized carbons (Fsp3) is 0.450. The molecule has 3 rings (SSSR count). The molecule has 1 aromatic heterocycles. The van der Waals surface area contributed by atoms with Crippen molar-refractivity contribution in [1.29, 1.82) is 5.26 Å². The van der Waals surface area contributed by atoms with E-state index in [9.17, 15) is 4.79 Å². The topological polar surface area (TPSA) is 75.5 Å². The lowest BCUT2D eigenvalue weighted by Crippen LogP contribution is -2.29. The van der Waals surface area contributed by atoms with Gasteiger partial charge in [-0.15, -0.1) is 0 Å². The molecule has 0 radical (unpaired) electrons. The molecule has 1 saturated heterocycles. The maximum absolute atomic E-state index is 11.8. The summed E-state index contributed by atoms with van der Waals surface area (Å²) in [6, 6.07) is 9.75. The van der Waals surface area contributed by atoms with Gasteiger partial charge in [0.25, 0.3) is 0 Å². The number of hydrogen-bond donors (Lipinski definition) is 0. The standard InChI is InChI=1S/C20H23N3O3/c1-14(2)26-17-4-3-16-6-9-22-20(18(16)11-17)25-13-15-7-10-23(12-15)19(24)5-8-21/h3-4,6,9,11,14-15H,5,7,10,12-13H2,1-2H3/t15-/m0/s1. The van der Waals surface area contributed by atoms with Gasteiger partial charge in [0.15, 0.2) is 0 Å². The Kier molecular flexibility index (Phi) is 5.57. The van der Waals surface area contributed by atoms with E-state index in [4.69, 9.17) is 14.7 Å². The molecule has 6 heteroatoms. The van der Waals surface area contributed by atoms with Gasteiger partial charge < -0.3 is 14.4 Å². The predicted octanol–water partition coefficient (Wildman–Crippen LogP) is 3.16. The zero-order chi connectivity index (χ0) is 18.5. The molecule has 1 amide bonds. The summed E-state index contributed by atoms with van der Waals surface area (Å²) in [5.74, 6) is 1.52. The van der Waals surface area contributed by atoms with Gasteiger partial charge in [-0.05, 0) is 43.9 Å². The molecule has 0 aliphatic carbocycles. The first-order chi connectivity index (χ1) is 12.6. The summed E-state index contributed by atoms with van der Waals surface area (Å²) in [7, 11) is 0. The van der Waals surface area contributed by atoms with Crippen LogP contribution in [-0.4, -0.2) is 41.6 Å². The summed E-state index contributed by atoms with van der Waals surface area (Å²) >= 11 is 0. The number of fused-ring (bicyclic) bond motifs is 1. The number of nitrogens with zero attached hydrogens (tertiary/aromatic N) is 3. The lowest BCUT2D eigenvalue weighted by molar-refractivity contribution is -0.129. The number of pyridine rings is 1. The molecule has 26 heavy (non-hydrogen) atoms. The number of aromatic nitrogens is 1. The monoisotopic (exact) mass is 353 g/mol. The molecule has 0 bridgehead atoms. The fourth-order valence-corrected chi connectivity index (χ4v) is 3.15. The first kappa shape index (κ1) is 18.0. The highest BCUT2D eigenvalue weighted by Gasteiger charge is 2.26. The van der Waals surface area contributed by atoms with Crippen LogP contribution in [0.4, 0.5) is 0 Å². The van der Waals surface area contributed by atoms with Crippen molar-refractivity contribution in [3.05, 3.63) is 30.5 Å². The molecular formula is C20H23N3O3. The molecular weight excluding hydrogens is 330 g/mol. The number of benzene rings is 1. The lowest BCUT2D eigenvalue weighted by atomic mass is 10.1. The number of likely N-dealkylation sites (tertiary alicyclic amines) is 1. The summed E-state index contributed by atoms with van der Waals surface area (Å²) < 4.78 is 11.7. The molecule has 0 saturated carbocycles. The van der Waals surface area contributed by atoms with Crippen molar-refractivity contribution >= 4 is 16.7 Å². The summed E-state index contributed by atoms with van der Waals surface area (Å²) in [4.78, 5) is 17.9. The lowest BCUT2D eigenvalue weighted by Gasteiger charge is -2.16. The van der Waals surface area contributed by atoms with Gasteiger partial charge in [0, 0.05) is 30.6 Å². The molecule has 136 valence electrons. The van der Waals surface area contributed by atoms with Gasteiger partial charge in [-0.3, -0.25) is 4.79 Å². The Bertz CT molecular complexity index is 829. The second kappa shape index (κ2) is 8.05. The number of hydrogen-bond acceptors (Lipinski definition) is 5. The Morgan fingerprint density at radius 3 is 3.04 bits per heavy atom. The van der Waals surface area contributed by atoms with Crippen molar-refractivity contribution in [3.8, 4) is 17.7 Å². The molecule has 2 heterocycles. The van der Waals surface area contributed by atoms with Crippen LogP contribution in [0.25, 0.3) is 10.8 Å². The minimum Gasteiger partial charge on any atom is -0.491 e. The number of rotatable bonds is 6. The zero-order valence-corrected chi connectivity index (χ0v) is 15.1. The number of carbonyl (C=O) groups is 1. The number of amides is 1. The average molecular weight is 353 g/mol. The number of carbonyl (C=O) groups excluding carboxylic acids is 1. The molecule has 1 aliphatic heterocycles. The van der Waals surface area contributed by atoms with Gasteiger partial charge in [0.05, 0.1) is 18.8 Å². The van der Waals surface area contributed by atoms with E-state index in [0.717, 1.165) is 22.9 Å². The van der Waals surface area contributed by atoms with Crippen LogP contribution in [0.2, 0.25) is 0 Å². The third kappa shape index (κ3) is 4.23. The van der Waals surface area contributed by atoms with E-state index >= 15 is 0 Å². The van der Waals surface area contributed by atoms with E-state index in [0.29, 0.717) is 25.6 Å². The minimum absolute atomic E-state index is 0.0584. The molecule has 1 atom stereocenters. The molecule has 0 N–H and O–H groups in total. The third-order valence-electron chi connectivity index (χ3n) is 4.40. The predicted molar refractivity (Wildman–Crippen MR) is 97.9 cm³/mol. The first-order valence-electron chi connectivity index (χ1n) is 8.89. The Labute approximate surface area is 153 Å². The van der Waals surface area contributed by atoms with E-state index in [1.54, 1.807) is 11.1 Å². The van der Waals surface area contributed by atoms with Crippen molar-refractivity contribution in [3.63, 3.8) is 0 Å². The van der Waals surface area contributed by atoms with Crippen LogP contribution in [0.15, 0.2) is 30.5 Å². The van der Waals surface area contributed by atoms with Gasteiger partial charge in [0.1, 0.15) is 12.2 Å². The van der Waals surface area contributed by atoms with Crippen LogP contribution in [-0.2, 0) is 4.79 Å². The Morgan fingerprint density at radius 2 is 2.27 bits per heavy atom. The van der Waals surface area contributed by atoms with Gasteiger partial charge in [0.2, 0.25) is 11.8 Å². The molecule has 2 aromatic rings. The van der Waals surface area contributed by atoms with Crippen LogP contribution < -0.4 is 9.47 Å². The van der Waals surface area contributed by atoms with Gasteiger partial charge in [-0.25, -0.2) is 4.98 Å². The van der Waals surface area contributed by atoms with Gasteiger partial charge >= 0.3 is 0 Å². The van der Waals surface area contributed by atoms with Crippen molar-refractivity contribution in [2.45, 2.75) is 32.8 Å². The van der Waals surface area contributed by atoms with Gasteiger partial charge in [-0.1, -0.05) is 6.07 Å². The smallest absolute Gasteiger partial charge is 0.236 e. The second-order valence-corrected chi connectivity index (χ2v) is 6.81.